The number of carbonyl (C=O) groups excluding carboxylic acids is 1. The summed E-state index contributed by atoms with van der Waals surface area (Å²) in [7, 11) is 3.21. The van der Waals surface area contributed by atoms with Gasteiger partial charge in [-0.15, -0.1) is 0 Å². The van der Waals surface area contributed by atoms with E-state index in [1.54, 1.807) is 20.3 Å². The fourth-order valence-corrected chi connectivity index (χ4v) is 2.11. The maximum atomic E-state index is 11.8. The minimum Gasteiger partial charge on any atom is -0.497 e. The van der Waals surface area contributed by atoms with E-state index in [4.69, 9.17) is 14.2 Å². The van der Waals surface area contributed by atoms with Crippen LogP contribution < -0.4 is 24.8 Å². The molecule has 0 aliphatic carbocycles. The minimum atomic E-state index is -0.254. The number of ether oxygens (including phenoxy) is 3. The lowest BCUT2D eigenvalue weighted by Gasteiger charge is -2.11. The molecule has 0 aliphatic heterocycles. The van der Waals surface area contributed by atoms with Gasteiger partial charge in [0.2, 0.25) is 0 Å². The number of carbonyl (C=O) groups is 1. The summed E-state index contributed by atoms with van der Waals surface area (Å²) in [5, 5.41) is 5.53. The van der Waals surface area contributed by atoms with Gasteiger partial charge in [0.1, 0.15) is 23.9 Å². The summed E-state index contributed by atoms with van der Waals surface area (Å²) < 4.78 is 15.9. The lowest BCUT2D eigenvalue weighted by Crippen LogP contribution is -2.37. The van der Waals surface area contributed by atoms with Gasteiger partial charge < -0.3 is 24.8 Å². The molecular weight excluding hydrogens is 308 g/mol. The molecule has 0 fully saturated rings. The highest BCUT2D eigenvalue weighted by Gasteiger charge is 2.04. The fraction of sp³-hybridized carbons (Fsp3) is 0.278. The Hall–Kier alpha value is -2.89. The SMILES string of the molecule is COc1cccc(OCCNC(=O)NCc2ccccc2OC)c1. The van der Waals surface area contributed by atoms with Crippen LogP contribution in [0, 0.1) is 0 Å². The van der Waals surface area contributed by atoms with Gasteiger partial charge in [-0.25, -0.2) is 4.79 Å². The molecule has 0 aromatic heterocycles. The number of amides is 2. The van der Waals surface area contributed by atoms with E-state index in [9.17, 15) is 4.79 Å². The summed E-state index contributed by atoms with van der Waals surface area (Å²) in [6, 6.07) is 14.6. The van der Waals surface area contributed by atoms with Crippen LogP contribution >= 0.6 is 0 Å². The van der Waals surface area contributed by atoms with Crippen LogP contribution in [0.1, 0.15) is 5.56 Å². The monoisotopic (exact) mass is 330 g/mol. The van der Waals surface area contributed by atoms with E-state index in [-0.39, 0.29) is 6.03 Å². The number of methoxy groups -OCH3 is 2. The number of hydrogen-bond donors (Lipinski definition) is 2. The topological polar surface area (TPSA) is 68.8 Å². The molecule has 24 heavy (non-hydrogen) atoms. The van der Waals surface area contributed by atoms with Crippen molar-refractivity contribution in [1.82, 2.24) is 10.6 Å². The highest BCUT2D eigenvalue weighted by atomic mass is 16.5. The van der Waals surface area contributed by atoms with E-state index < -0.39 is 0 Å². The van der Waals surface area contributed by atoms with Gasteiger partial charge in [0, 0.05) is 18.2 Å². The average Bonchev–Trinajstić information content (AvgIpc) is 2.64. The summed E-state index contributed by atoms with van der Waals surface area (Å²) in [6.45, 7) is 1.16. The first kappa shape index (κ1) is 17.5. The van der Waals surface area contributed by atoms with E-state index in [0.29, 0.717) is 25.4 Å². The van der Waals surface area contributed by atoms with Gasteiger partial charge >= 0.3 is 6.03 Å². The molecule has 2 aromatic carbocycles. The van der Waals surface area contributed by atoms with Gasteiger partial charge in [0.05, 0.1) is 20.8 Å². The summed E-state index contributed by atoms with van der Waals surface area (Å²) >= 11 is 0. The molecule has 0 aliphatic rings. The molecule has 0 heterocycles. The number of hydrogen-bond acceptors (Lipinski definition) is 4. The van der Waals surface area contributed by atoms with Gasteiger partial charge in [-0.3, -0.25) is 0 Å². The van der Waals surface area contributed by atoms with Crippen molar-refractivity contribution in [2.24, 2.45) is 0 Å². The second-order valence-electron chi connectivity index (χ2n) is 4.95. The first-order valence-corrected chi connectivity index (χ1v) is 7.63. The van der Waals surface area contributed by atoms with E-state index in [0.717, 1.165) is 17.1 Å². The molecule has 2 amide bonds. The lowest BCUT2D eigenvalue weighted by molar-refractivity contribution is 0.236. The molecule has 0 atom stereocenters. The zero-order valence-electron chi connectivity index (χ0n) is 13.9. The molecule has 2 aromatic rings. The van der Waals surface area contributed by atoms with Crippen molar-refractivity contribution < 1.29 is 19.0 Å². The average molecular weight is 330 g/mol. The van der Waals surface area contributed by atoms with Gasteiger partial charge in [0.25, 0.3) is 0 Å². The summed E-state index contributed by atoms with van der Waals surface area (Å²) in [4.78, 5) is 11.8. The fourth-order valence-electron chi connectivity index (χ4n) is 2.11. The Morgan fingerprint density at radius 1 is 0.958 bits per heavy atom. The second kappa shape index (κ2) is 9.29. The standard InChI is InChI=1S/C18H22N2O4/c1-22-15-7-5-8-16(12-15)24-11-10-19-18(21)20-13-14-6-3-4-9-17(14)23-2/h3-9,12H,10-11,13H2,1-2H3,(H2,19,20,21). The minimum absolute atomic E-state index is 0.254. The zero-order valence-corrected chi connectivity index (χ0v) is 13.9. The van der Waals surface area contributed by atoms with Crippen LogP contribution in [-0.4, -0.2) is 33.4 Å². The Morgan fingerprint density at radius 3 is 2.54 bits per heavy atom. The van der Waals surface area contributed by atoms with Crippen LogP contribution in [0.4, 0.5) is 4.79 Å². The second-order valence-corrected chi connectivity index (χ2v) is 4.95. The van der Waals surface area contributed by atoms with Crippen LogP contribution in [0.15, 0.2) is 48.5 Å². The predicted octanol–water partition coefficient (Wildman–Crippen LogP) is 2.58. The van der Waals surface area contributed by atoms with Crippen LogP contribution in [0.3, 0.4) is 0 Å². The van der Waals surface area contributed by atoms with Crippen molar-refractivity contribution in [3.63, 3.8) is 0 Å². The van der Waals surface area contributed by atoms with Crippen LogP contribution in [0.5, 0.6) is 17.2 Å². The molecule has 0 spiro atoms. The summed E-state index contributed by atoms with van der Waals surface area (Å²) in [5.74, 6) is 2.18. The quantitative estimate of drug-likeness (QED) is 0.730. The molecule has 128 valence electrons. The molecule has 0 unspecified atom stereocenters. The Morgan fingerprint density at radius 2 is 1.75 bits per heavy atom. The largest absolute Gasteiger partial charge is 0.497 e. The molecule has 6 heteroatoms. The van der Waals surface area contributed by atoms with Crippen molar-refractivity contribution in [3.8, 4) is 17.2 Å². The maximum Gasteiger partial charge on any atom is 0.315 e. The van der Waals surface area contributed by atoms with Crippen LogP contribution in [-0.2, 0) is 6.54 Å². The van der Waals surface area contributed by atoms with Crippen molar-refractivity contribution in [2.45, 2.75) is 6.54 Å². The van der Waals surface area contributed by atoms with E-state index in [2.05, 4.69) is 10.6 Å². The van der Waals surface area contributed by atoms with Crippen molar-refractivity contribution >= 4 is 6.03 Å². The molecule has 0 bridgehead atoms. The summed E-state index contributed by atoms with van der Waals surface area (Å²) in [5.41, 5.74) is 0.919. The van der Waals surface area contributed by atoms with E-state index >= 15 is 0 Å². The van der Waals surface area contributed by atoms with Crippen molar-refractivity contribution in [1.29, 1.82) is 0 Å². The molecule has 2 N–H and O–H groups in total. The Kier molecular flexibility index (Phi) is 6.76. The Labute approximate surface area is 141 Å². The smallest absolute Gasteiger partial charge is 0.315 e. The first-order chi connectivity index (χ1) is 11.7. The first-order valence-electron chi connectivity index (χ1n) is 7.63. The molecule has 0 saturated heterocycles. The molecular formula is C18H22N2O4. The normalized spacial score (nSPS) is 9.92. The number of urea groups is 1. The number of para-hydroxylation sites is 1. The third-order valence-electron chi connectivity index (χ3n) is 3.33. The zero-order chi connectivity index (χ0) is 17.2. The highest BCUT2D eigenvalue weighted by Crippen LogP contribution is 2.18. The van der Waals surface area contributed by atoms with Crippen molar-refractivity contribution in [2.75, 3.05) is 27.4 Å². The Balaban J connectivity index is 1.68. The summed E-state index contributed by atoms with van der Waals surface area (Å²) in [6.07, 6.45) is 0. The number of benzene rings is 2. The van der Waals surface area contributed by atoms with E-state index in [1.165, 1.54) is 0 Å². The predicted molar refractivity (Wildman–Crippen MR) is 91.7 cm³/mol. The third kappa shape index (κ3) is 5.39. The highest BCUT2D eigenvalue weighted by molar-refractivity contribution is 5.73. The number of nitrogens with one attached hydrogen (secondary N) is 2. The number of rotatable bonds is 8. The van der Waals surface area contributed by atoms with E-state index in [1.807, 2.05) is 42.5 Å². The van der Waals surface area contributed by atoms with Gasteiger partial charge in [0.15, 0.2) is 0 Å². The van der Waals surface area contributed by atoms with Crippen molar-refractivity contribution in [3.05, 3.63) is 54.1 Å². The van der Waals surface area contributed by atoms with Gasteiger partial charge in [-0.1, -0.05) is 24.3 Å². The molecule has 0 saturated carbocycles. The molecule has 2 rings (SSSR count). The van der Waals surface area contributed by atoms with Gasteiger partial charge in [-0.05, 0) is 18.2 Å². The molecule has 6 nitrogen and oxygen atoms in total. The van der Waals surface area contributed by atoms with Crippen LogP contribution in [0.25, 0.3) is 0 Å². The van der Waals surface area contributed by atoms with Gasteiger partial charge in [-0.2, -0.15) is 0 Å². The maximum absolute atomic E-state index is 11.8. The Bertz CT molecular complexity index is 661. The lowest BCUT2D eigenvalue weighted by atomic mass is 10.2. The molecule has 0 radical (unpaired) electrons. The van der Waals surface area contributed by atoms with Crippen LogP contribution in [0.2, 0.25) is 0 Å². The third-order valence-corrected chi connectivity index (χ3v) is 3.33.